The zero-order valence-corrected chi connectivity index (χ0v) is 12.7. The number of hydrogen-bond acceptors (Lipinski definition) is 4. The van der Waals surface area contributed by atoms with Gasteiger partial charge in [-0.2, -0.15) is 13.2 Å². The van der Waals surface area contributed by atoms with Crippen LogP contribution in [0.1, 0.15) is 5.56 Å². The second-order valence-corrected chi connectivity index (χ2v) is 5.38. The fourth-order valence-electron chi connectivity index (χ4n) is 1.78. The van der Waals surface area contributed by atoms with E-state index < -0.39 is 17.6 Å². The fraction of sp³-hybridized carbons (Fsp3) is 0.214. The van der Waals surface area contributed by atoms with Crippen LogP contribution in [0.2, 0.25) is 0 Å². The number of aromatic nitrogens is 3. The molecular formula is C14H13F3N4OS. The number of nitrogens with one attached hydrogen (secondary N) is 1. The van der Waals surface area contributed by atoms with Gasteiger partial charge >= 0.3 is 6.18 Å². The fourth-order valence-corrected chi connectivity index (χ4v) is 2.50. The first-order valence-corrected chi connectivity index (χ1v) is 7.48. The Hall–Kier alpha value is -2.29. The van der Waals surface area contributed by atoms with E-state index in [0.29, 0.717) is 11.7 Å². The van der Waals surface area contributed by atoms with Crippen LogP contribution < -0.4 is 5.32 Å². The molecule has 0 aliphatic heterocycles. The number of rotatable bonds is 6. The molecule has 0 unspecified atom stereocenters. The van der Waals surface area contributed by atoms with E-state index in [2.05, 4.69) is 22.1 Å². The summed E-state index contributed by atoms with van der Waals surface area (Å²) < 4.78 is 40.2. The number of carbonyl (C=O) groups excluding carboxylic acids is 1. The van der Waals surface area contributed by atoms with E-state index >= 15 is 0 Å². The van der Waals surface area contributed by atoms with E-state index in [1.165, 1.54) is 24.5 Å². The number of thioether (sulfide) groups is 1. The van der Waals surface area contributed by atoms with Crippen LogP contribution in [0.4, 0.5) is 18.9 Å². The van der Waals surface area contributed by atoms with E-state index in [0.717, 1.165) is 17.8 Å². The maximum Gasteiger partial charge on any atom is 0.418 e. The molecule has 0 aliphatic rings. The minimum Gasteiger partial charge on any atom is -0.325 e. The smallest absolute Gasteiger partial charge is 0.325 e. The van der Waals surface area contributed by atoms with Gasteiger partial charge in [-0.1, -0.05) is 30.0 Å². The van der Waals surface area contributed by atoms with Crippen molar-refractivity contribution in [2.24, 2.45) is 0 Å². The summed E-state index contributed by atoms with van der Waals surface area (Å²) in [5, 5.41) is 10.3. The Morgan fingerprint density at radius 2 is 2.13 bits per heavy atom. The van der Waals surface area contributed by atoms with Crippen LogP contribution in [-0.2, 0) is 17.5 Å². The molecule has 122 valence electrons. The molecule has 0 saturated carbocycles. The van der Waals surface area contributed by atoms with Gasteiger partial charge in [0.05, 0.1) is 17.0 Å². The molecular weight excluding hydrogens is 329 g/mol. The minimum absolute atomic E-state index is 0.0813. The second-order valence-electron chi connectivity index (χ2n) is 4.43. The van der Waals surface area contributed by atoms with Gasteiger partial charge in [0, 0.05) is 6.54 Å². The second kappa shape index (κ2) is 7.32. The van der Waals surface area contributed by atoms with Gasteiger partial charge in [-0.25, -0.2) is 0 Å². The van der Waals surface area contributed by atoms with Gasteiger partial charge in [0.15, 0.2) is 5.16 Å². The number of halogens is 3. The Morgan fingerprint density at radius 1 is 1.39 bits per heavy atom. The van der Waals surface area contributed by atoms with Crippen LogP contribution in [0.15, 0.2) is 48.4 Å². The lowest BCUT2D eigenvalue weighted by molar-refractivity contribution is -0.137. The van der Waals surface area contributed by atoms with Crippen LogP contribution in [-0.4, -0.2) is 26.4 Å². The summed E-state index contributed by atoms with van der Waals surface area (Å²) in [5.74, 6) is -0.637. The number of nitrogens with zero attached hydrogens (tertiary/aromatic N) is 3. The molecule has 1 aromatic heterocycles. The maximum absolute atomic E-state index is 12.9. The van der Waals surface area contributed by atoms with Gasteiger partial charge in [-0.15, -0.1) is 16.8 Å². The van der Waals surface area contributed by atoms with Crippen LogP contribution >= 0.6 is 11.8 Å². The number of hydrogen-bond donors (Lipinski definition) is 1. The normalized spacial score (nSPS) is 11.3. The molecule has 0 fully saturated rings. The molecule has 5 nitrogen and oxygen atoms in total. The van der Waals surface area contributed by atoms with Crippen molar-refractivity contribution < 1.29 is 18.0 Å². The summed E-state index contributed by atoms with van der Waals surface area (Å²) >= 11 is 1.08. The molecule has 0 spiro atoms. The quantitative estimate of drug-likeness (QED) is 0.647. The number of anilines is 1. The van der Waals surface area contributed by atoms with E-state index in [4.69, 9.17) is 0 Å². The third kappa shape index (κ3) is 4.59. The Balaban J connectivity index is 2.01. The highest BCUT2D eigenvalue weighted by Crippen LogP contribution is 2.34. The molecule has 2 aromatic rings. The molecule has 23 heavy (non-hydrogen) atoms. The largest absolute Gasteiger partial charge is 0.418 e. The Labute approximate surface area is 134 Å². The van der Waals surface area contributed by atoms with Crippen LogP contribution in [0.3, 0.4) is 0 Å². The summed E-state index contributed by atoms with van der Waals surface area (Å²) in [6, 6.07) is 4.83. The van der Waals surface area contributed by atoms with E-state index in [1.807, 2.05) is 0 Å². The molecule has 0 atom stereocenters. The number of allylic oxidation sites excluding steroid dienone is 1. The predicted octanol–water partition coefficient (Wildman–Crippen LogP) is 3.21. The average Bonchev–Trinajstić information content (AvgIpc) is 2.92. The van der Waals surface area contributed by atoms with Crippen LogP contribution in [0.5, 0.6) is 0 Å². The average molecular weight is 342 g/mol. The Bertz CT molecular complexity index is 699. The number of para-hydroxylation sites is 1. The molecule has 1 aromatic carbocycles. The maximum atomic E-state index is 12.9. The van der Waals surface area contributed by atoms with Crippen LogP contribution in [0, 0.1) is 0 Å². The molecule has 0 aliphatic carbocycles. The SMILES string of the molecule is C=CCn1cnnc1SCC(=O)Nc1ccccc1C(F)(F)F. The molecule has 9 heteroatoms. The highest BCUT2D eigenvalue weighted by molar-refractivity contribution is 7.99. The van der Waals surface area contributed by atoms with E-state index in [1.54, 1.807) is 10.6 Å². The van der Waals surface area contributed by atoms with Crippen molar-refractivity contribution in [3.63, 3.8) is 0 Å². The van der Waals surface area contributed by atoms with E-state index in [-0.39, 0.29) is 11.4 Å². The van der Waals surface area contributed by atoms with E-state index in [9.17, 15) is 18.0 Å². The van der Waals surface area contributed by atoms with Gasteiger partial charge in [0.2, 0.25) is 5.91 Å². The highest BCUT2D eigenvalue weighted by atomic mass is 32.2. The third-order valence-corrected chi connectivity index (χ3v) is 3.73. The summed E-state index contributed by atoms with van der Waals surface area (Å²) in [5.41, 5.74) is -1.15. The van der Waals surface area contributed by atoms with Crippen molar-refractivity contribution in [3.8, 4) is 0 Å². The molecule has 0 saturated heterocycles. The Kier molecular flexibility index (Phi) is 5.43. The summed E-state index contributed by atoms with van der Waals surface area (Å²) in [6.07, 6.45) is -1.39. The Morgan fingerprint density at radius 3 is 2.83 bits per heavy atom. The van der Waals surface area contributed by atoms with Crippen LogP contribution in [0.25, 0.3) is 0 Å². The lowest BCUT2D eigenvalue weighted by atomic mass is 10.1. The zero-order chi connectivity index (χ0) is 16.9. The van der Waals surface area contributed by atoms with Gasteiger partial charge in [-0.05, 0) is 12.1 Å². The van der Waals surface area contributed by atoms with Crippen molar-refractivity contribution in [2.45, 2.75) is 17.9 Å². The van der Waals surface area contributed by atoms with Crippen molar-refractivity contribution in [2.75, 3.05) is 11.1 Å². The predicted molar refractivity (Wildman–Crippen MR) is 81.0 cm³/mol. The monoisotopic (exact) mass is 342 g/mol. The van der Waals surface area contributed by atoms with Gasteiger partial charge in [0.1, 0.15) is 6.33 Å². The minimum atomic E-state index is -4.53. The van der Waals surface area contributed by atoms with Crippen molar-refractivity contribution in [1.29, 1.82) is 0 Å². The van der Waals surface area contributed by atoms with Gasteiger partial charge < -0.3 is 9.88 Å². The van der Waals surface area contributed by atoms with Crippen molar-refractivity contribution in [1.82, 2.24) is 14.8 Å². The van der Waals surface area contributed by atoms with Gasteiger partial charge in [-0.3, -0.25) is 4.79 Å². The summed E-state index contributed by atoms with van der Waals surface area (Å²) in [4.78, 5) is 11.9. The van der Waals surface area contributed by atoms with Crippen molar-refractivity contribution >= 4 is 23.4 Å². The summed E-state index contributed by atoms with van der Waals surface area (Å²) in [7, 11) is 0. The third-order valence-electron chi connectivity index (χ3n) is 2.74. The zero-order valence-electron chi connectivity index (χ0n) is 11.9. The van der Waals surface area contributed by atoms with Crippen molar-refractivity contribution in [3.05, 3.63) is 48.8 Å². The number of carbonyl (C=O) groups is 1. The van der Waals surface area contributed by atoms with Gasteiger partial charge in [0.25, 0.3) is 0 Å². The molecule has 2 rings (SSSR count). The first-order valence-electron chi connectivity index (χ1n) is 6.49. The lowest BCUT2D eigenvalue weighted by Gasteiger charge is -2.13. The number of alkyl halides is 3. The number of benzene rings is 1. The lowest BCUT2D eigenvalue weighted by Crippen LogP contribution is -2.18. The standard InChI is InChI=1S/C14H13F3N4OS/c1-2-7-21-9-18-20-13(21)23-8-12(22)19-11-6-4-3-5-10(11)14(15,16)17/h2-6,9H,1,7-8H2,(H,19,22). The molecule has 0 bridgehead atoms. The topological polar surface area (TPSA) is 59.8 Å². The molecule has 0 radical (unpaired) electrons. The number of amides is 1. The first-order chi connectivity index (χ1) is 10.9. The molecule has 1 N–H and O–H groups in total. The molecule has 1 amide bonds. The summed E-state index contributed by atoms with van der Waals surface area (Å²) in [6.45, 7) is 4.07. The molecule has 1 heterocycles. The first kappa shape index (κ1) is 17.1. The highest BCUT2D eigenvalue weighted by Gasteiger charge is 2.33.